The highest BCUT2D eigenvalue weighted by molar-refractivity contribution is 5.77. The minimum atomic E-state index is 0. The van der Waals surface area contributed by atoms with Crippen molar-refractivity contribution in [1.82, 2.24) is 4.98 Å². The number of aromatic nitrogens is 1. The van der Waals surface area contributed by atoms with Crippen LogP contribution in [0.15, 0.2) is 42.6 Å². The minimum Gasteiger partial charge on any atom is -0.256 e. The average Bonchev–Trinajstić information content (AvgIpc) is 2.17. The first-order valence-corrected chi connectivity index (χ1v) is 5.00. The summed E-state index contributed by atoms with van der Waals surface area (Å²) in [5, 5.41) is 1.20. The van der Waals surface area contributed by atoms with Gasteiger partial charge in [0, 0.05) is 11.6 Å². The quantitative estimate of drug-likeness (QED) is 0.595. The summed E-state index contributed by atoms with van der Waals surface area (Å²) >= 11 is 0. The van der Waals surface area contributed by atoms with E-state index in [1.165, 1.54) is 5.39 Å². The van der Waals surface area contributed by atoms with E-state index in [4.69, 9.17) is 0 Å². The summed E-state index contributed by atoms with van der Waals surface area (Å²) in [5.41, 5.74) is 1.06. The molecule has 1 nitrogen and oxygen atoms in total. The highest BCUT2D eigenvalue weighted by Crippen LogP contribution is 2.07. The monoisotopic (exact) mass is 219 g/mol. The molecule has 0 amide bonds. The van der Waals surface area contributed by atoms with Gasteiger partial charge in [0.15, 0.2) is 0 Å². The van der Waals surface area contributed by atoms with Crippen molar-refractivity contribution in [3.8, 4) is 0 Å². The molecule has 0 spiro atoms. The van der Waals surface area contributed by atoms with Crippen molar-refractivity contribution in [2.75, 3.05) is 0 Å². The Morgan fingerprint density at radius 2 is 1.38 bits per heavy atom. The van der Waals surface area contributed by atoms with Gasteiger partial charge >= 0.3 is 0 Å². The predicted octanol–water partition coefficient (Wildman–Crippen LogP) is 5.17. The molecule has 2 rings (SSSR count). The zero-order valence-electron chi connectivity index (χ0n) is 9.07. The number of hydrogen-bond acceptors (Lipinski definition) is 1. The standard InChI is InChI=1S/C9H7N.C4H10.2CH4/c1-2-6-9-8(4-1)5-3-7-10-9;1-4(2)3;;/h1-7H;4H,1-3H3;2*1H4. The first-order valence-electron chi connectivity index (χ1n) is 5.00. The number of rotatable bonds is 0. The third-order valence-electron chi connectivity index (χ3n) is 1.51. The third-order valence-corrected chi connectivity index (χ3v) is 1.51. The van der Waals surface area contributed by atoms with E-state index >= 15 is 0 Å². The summed E-state index contributed by atoms with van der Waals surface area (Å²) in [6, 6.07) is 12.1. The van der Waals surface area contributed by atoms with E-state index in [9.17, 15) is 0 Å². The maximum absolute atomic E-state index is 4.18. The molecule has 1 aromatic carbocycles. The summed E-state index contributed by atoms with van der Waals surface area (Å²) in [4.78, 5) is 4.18. The lowest BCUT2D eigenvalue weighted by atomic mass is 10.2. The Morgan fingerprint density at radius 3 is 1.94 bits per heavy atom. The molecule has 16 heavy (non-hydrogen) atoms. The van der Waals surface area contributed by atoms with Crippen LogP contribution in [0.5, 0.6) is 0 Å². The molecule has 0 bridgehead atoms. The third kappa shape index (κ3) is 6.18. The minimum absolute atomic E-state index is 0. The van der Waals surface area contributed by atoms with Gasteiger partial charge in [-0.3, -0.25) is 4.98 Å². The highest BCUT2D eigenvalue weighted by atomic mass is 14.6. The molecule has 0 unspecified atom stereocenters. The fourth-order valence-corrected chi connectivity index (χ4v) is 1.02. The SMILES string of the molecule is C.C.CC(C)C.c1ccc2ncccc2c1. The van der Waals surface area contributed by atoms with Crippen molar-refractivity contribution in [3.05, 3.63) is 42.6 Å². The zero-order valence-corrected chi connectivity index (χ0v) is 9.07. The van der Waals surface area contributed by atoms with Gasteiger partial charge in [-0.25, -0.2) is 0 Å². The van der Waals surface area contributed by atoms with E-state index in [1.54, 1.807) is 0 Å². The van der Waals surface area contributed by atoms with Crippen LogP contribution in [0.1, 0.15) is 35.6 Å². The van der Waals surface area contributed by atoms with E-state index in [-0.39, 0.29) is 14.9 Å². The van der Waals surface area contributed by atoms with E-state index in [0.717, 1.165) is 11.4 Å². The average molecular weight is 219 g/mol. The number of fused-ring (bicyclic) bond motifs is 1. The molecule has 2 aromatic rings. The van der Waals surface area contributed by atoms with Gasteiger partial charge < -0.3 is 0 Å². The summed E-state index contributed by atoms with van der Waals surface area (Å²) in [7, 11) is 0. The molecule has 0 saturated carbocycles. The molecule has 1 heteroatoms. The van der Waals surface area contributed by atoms with Crippen molar-refractivity contribution in [1.29, 1.82) is 0 Å². The molecule has 0 aliphatic carbocycles. The molecule has 0 radical (unpaired) electrons. The van der Waals surface area contributed by atoms with Crippen LogP contribution in [0, 0.1) is 5.92 Å². The van der Waals surface area contributed by atoms with Crippen LogP contribution < -0.4 is 0 Å². The fraction of sp³-hybridized carbons (Fsp3) is 0.400. The molecule has 0 atom stereocenters. The van der Waals surface area contributed by atoms with Crippen molar-refractivity contribution in [2.24, 2.45) is 5.92 Å². The van der Waals surface area contributed by atoms with Crippen LogP contribution >= 0.6 is 0 Å². The lowest BCUT2D eigenvalue weighted by Gasteiger charge is -1.91. The van der Waals surface area contributed by atoms with Gasteiger partial charge in [0.05, 0.1) is 5.52 Å². The van der Waals surface area contributed by atoms with E-state index in [2.05, 4.69) is 37.9 Å². The van der Waals surface area contributed by atoms with Crippen LogP contribution in [0.3, 0.4) is 0 Å². The van der Waals surface area contributed by atoms with Crippen LogP contribution in [0.2, 0.25) is 0 Å². The fourth-order valence-electron chi connectivity index (χ4n) is 1.02. The normalized spacial score (nSPS) is 8.50. The van der Waals surface area contributed by atoms with Gasteiger partial charge in [-0.15, -0.1) is 0 Å². The Kier molecular flexibility index (Phi) is 9.48. The Bertz CT molecular complexity index is 312. The van der Waals surface area contributed by atoms with Crippen molar-refractivity contribution in [2.45, 2.75) is 35.6 Å². The maximum atomic E-state index is 4.18. The Morgan fingerprint density at radius 1 is 0.875 bits per heavy atom. The molecular weight excluding hydrogens is 194 g/mol. The smallest absolute Gasteiger partial charge is 0.0701 e. The van der Waals surface area contributed by atoms with Gasteiger partial charge in [0.25, 0.3) is 0 Å². The number of hydrogen-bond donors (Lipinski definition) is 0. The zero-order chi connectivity index (χ0) is 10.4. The first-order chi connectivity index (χ1) is 6.70. The first kappa shape index (κ1) is 17.0. The molecule has 1 aromatic heterocycles. The molecule has 0 aliphatic heterocycles. The van der Waals surface area contributed by atoms with Crippen molar-refractivity contribution in [3.63, 3.8) is 0 Å². The van der Waals surface area contributed by atoms with E-state index < -0.39 is 0 Å². The largest absolute Gasteiger partial charge is 0.256 e. The summed E-state index contributed by atoms with van der Waals surface area (Å²) < 4.78 is 0. The topological polar surface area (TPSA) is 12.9 Å². The Hall–Kier alpha value is -1.37. The predicted molar refractivity (Wildman–Crippen MR) is 75.7 cm³/mol. The molecule has 0 N–H and O–H groups in total. The molecule has 0 aliphatic rings. The van der Waals surface area contributed by atoms with Crippen LogP contribution in [0.4, 0.5) is 0 Å². The second-order valence-corrected chi connectivity index (χ2v) is 3.93. The van der Waals surface area contributed by atoms with Gasteiger partial charge in [-0.05, 0) is 18.1 Å². The maximum Gasteiger partial charge on any atom is 0.0701 e. The number of para-hydroxylation sites is 1. The van der Waals surface area contributed by atoms with Crippen LogP contribution in [0.25, 0.3) is 10.9 Å². The number of pyridine rings is 1. The number of nitrogens with zero attached hydrogens (tertiary/aromatic N) is 1. The second-order valence-electron chi connectivity index (χ2n) is 3.93. The summed E-state index contributed by atoms with van der Waals surface area (Å²) in [6.45, 7) is 6.50. The van der Waals surface area contributed by atoms with Gasteiger partial charge in [-0.1, -0.05) is 59.9 Å². The van der Waals surface area contributed by atoms with Crippen LogP contribution in [-0.2, 0) is 0 Å². The highest BCUT2D eigenvalue weighted by Gasteiger charge is 1.86. The molecular formula is C15H25N. The van der Waals surface area contributed by atoms with Gasteiger partial charge in [0.2, 0.25) is 0 Å². The van der Waals surface area contributed by atoms with Gasteiger partial charge in [-0.2, -0.15) is 0 Å². The van der Waals surface area contributed by atoms with Gasteiger partial charge in [0.1, 0.15) is 0 Å². The van der Waals surface area contributed by atoms with Crippen LogP contribution in [-0.4, -0.2) is 4.98 Å². The van der Waals surface area contributed by atoms with Crippen molar-refractivity contribution < 1.29 is 0 Å². The van der Waals surface area contributed by atoms with Crippen molar-refractivity contribution >= 4 is 10.9 Å². The van der Waals surface area contributed by atoms with E-state index in [0.29, 0.717) is 0 Å². The lowest BCUT2D eigenvalue weighted by molar-refractivity contribution is 0.737. The Labute approximate surface area is 101 Å². The molecule has 0 saturated heterocycles. The lowest BCUT2D eigenvalue weighted by Crippen LogP contribution is -1.73. The Balaban J connectivity index is 0. The molecule has 0 fully saturated rings. The molecule has 90 valence electrons. The number of benzene rings is 1. The second kappa shape index (κ2) is 8.90. The van der Waals surface area contributed by atoms with E-state index in [1.807, 2.05) is 30.5 Å². The summed E-state index contributed by atoms with van der Waals surface area (Å²) in [6.07, 6.45) is 1.81. The molecule has 1 heterocycles. The summed E-state index contributed by atoms with van der Waals surface area (Å²) in [5.74, 6) is 0.833.